The van der Waals surface area contributed by atoms with Gasteiger partial charge in [-0.25, -0.2) is 4.79 Å². The number of nitrogens with zero attached hydrogens (tertiary/aromatic N) is 2. The molecule has 31 heavy (non-hydrogen) atoms. The van der Waals surface area contributed by atoms with Gasteiger partial charge in [-0.05, 0) is 49.6 Å². The van der Waals surface area contributed by atoms with Crippen LogP contribution >= 0.6 is 23.2 Å². The number of halogens is 2. The predicted octanol–water partition coefficient (Wildman–Crippen LogP) is 4.17. The minimum absolute atomic E-state index is 0.117. The van der Waals surface area contributed by atoms with Gasteiger partial charge in [-0.1, -0.05) is 23.2 Å². The molecule has 2 saturated heterocycles. The molecule has 0 radical (unpaired) electrons. The zero-order chi connectivity index (χ0) is 22.1. The van der Waals surface area contributed by atoms with Gasteiger partial charge in [0.05, 0.1) is 15.6 Å². The number of phenolic OH excluding ortho intramolecular Hbond substituents is 1. The maximum atomic E-state index is 12.8. The molecule has 2 aliphatic heterocycles. The molecule has 0 spiro atoms. The maximum absolute atomic E-state index is 12.8. The molecule has 4 rings (SSSR count). The summed E-state index contributed by atoms with van der Waals surface area (Å²) in [5.74, 6) is -0.434. The number of rotatable bonds is 4. The topological polar surface area (TPSA) is 99.2 Å². The first-order valence-corrected chi connectivity index (χ1v) is 10.5. The Morgan fingerprint density at radius 1 is 1.03 bits per heavy atom. The quantitative estimate of drug-likeness (QED) is 0.662. The number of likely N-dealkylation sites (tertiary alicyclic amines) is 1. The van der Waals surface area contributed by atoms with Gasteiger partial charge in [-0.3, -0.25) is 19.8 Å². The van der Waals surface area contributed by atoms with E-state index in [-0.39, 0.29) is 45.3 Å². The molecule has 2 heterocycles. The van der Waals surface area contributed by atoms with Crippen LogP contribution in [0.1, 0.15) is 29.6 Å². The van der Waals surface area contributed by atoms with Crippen molar-refractivity contribution in [3.05, 3.63) is 45.9 Å². The van der Waals surface area contributed by atoms with Crippen molar-refractivity contribution < 1.29 is 24.2 Å². The number of hydrogen-bond acceptors (Lipinski definition) is 5. The highest BCUT2D eigenvalue weighted by Crippen LogP contribution is 2.41. The highest BCUT2D eigenvalue weighted by atomic mass is 35.5. The predicted molar refractivity (Wildman–Crippen MR) is 115 cm³/mol. The third kappa shape index (κ3) is 4.40. The molecule has 0 unspecified atom stereocenters. The van der Waals surface area contributed by atoms with Crippen molar-refractivity contribution >= 4 is 46.7 Å². The summed E-state index contributed by atoms with van der Waals surface area (Å²) in [5.41, 5.74) is 0.480. The van der Waals surface area contributed by atoms with Crippen LogP contribution in [0.15, 0.2) is 30.3 Å². The second-order valence-electron chi connectivity index (χ2n) is 7.31. The molecule has 2 fully saturated rings. The second kappa shape index (κ2) is 8.64. The van der Waals surface area contributed by atoms with Gasteiger partial charge in [-0.2, -0.15) is 0 Å². The lowest BCUT2D eigenvalue weighted by Gasteiger charge is -2.27. The molecular formula is C21H19Cl2N3O5. The smallest absolute Gasteiger partial charge is 0.329 e. The number of nitrogens with one attached hydrogen (secondary N) is 1. The number of urea groups is 1. The van der Waals surface area contributed by atoms with E-state index in [2.05, 4.69) is 5.32 Å². The van der Waals surface area contributed by atoms with Crippen LogP contribution in [0.4, 0.5) is 10.5 Å². The van der Waals surface area contributed by atoms with E-state index in [1.165, 1.54) is 35.2 Å². The second-order valence-corrected chi connectivity index (χ2v) is 8.13. The first kappa shape index (κ1) is 21.3. The monoisotopic (exact) mass is 463 g/mol. The fourth-order valence-corrected chi connectivity index (χ4v) is 4.14. The third-order valence-corrected chi connectivity index (χ3v) is 5.71. The normalized spacial score (nSPS) is 16.5. The van der Waals surface area contributed by atoms with Crippen molar-refractivity contribution in [3.8, 4) is 17.2 Å². The Kier molecular flexibility index (Phi) is 5.93. The van der Waals surface area contributed by atoms with Crippen LogP contribution < -0.4 is 15.0 Å². The summed E-state index contributed by atoms with van der Waals surface area (Å²) < 4.78 is 5.81. The van der Waals surface area contributed by atoms with Gasteiger partial charge >= 0.3 is 6.03 Å². The Morgan fingerprint density at radius 3 is 2.32 bits per heavy atom. The number of aromatic hydroxyl groups is 1. The molecule has 2 aromatic rings. The number of benzene rings is 2. The molecule has 0 saturated carbocycles. The van der Waals surface area contributed by atoms with E-state index in [1.54, 1.807) is 4.90 Å². The molecule has 0 aliphatic carbocycles. The van der Waals surface area contributed by atoms with Crippen molar-refractivity contribution in [2.24, 2.45) is 0 Å². The summed E-state index contributed by atoms with van der Waals surface area (Å²) in [6.45, 7) is 1.16. The highest BCUT2D eigenvalue weighted by molar-refractivity contribution is 6.38. The Labute approximate surface area is 188 Å². The summed E-state index contributed by atoms with van der Waals surface area (Å²) in [4.78, 5) is 39.0. The highest BCUT2D eigenvalue weighted by Gasteiger charge is 2.29. The van der Waals surface area contributed by atoms with Crippen LogP contribution in [-0.4, -0.2) is 47.5 Å². The number of carbonyl (C=O) groups excluding carboxylic acids is 3. The van der Waals surface area contributed by atoms with Gasteiger partial charge in [0.1, 0.15) is 18.0 Å². The fourth-order valence-electron chi connectivity index (χ4n) is 3.59. The van der Waals surface area contributed by atoms with Crippen molar-refractivity contribution in [2.45, 2.75) is 19.3 Å². The van der Waals surface area contributed by atoms with Crippen LogP contribution in [-0.2, 0) is 4.79 Å². The Morgan fingerprint density at radius 2 is 1.71 bits per heavy atom. The lowest BCUT2D eigenvalue weighted by molar-refractivity contribution is -0.117. The average molecular weight is 464 g/mol. The number of ether oxygens (including phenoxy) is 1. The van der Waals surface area contributed by atoms with E-state index >= 15 is 0 Å². The van der Waals surface area contributed by atoms with Gasteiger partial charge in [0.15, 0.2) is 5.75 Å². The van der Waals surface area contributed by atoms with E-state index in [0.717, 1.165) is 19.3 Å². The van der Waals surface area contributed by atoms with Gasteiger partial charge in [0.25, 0.3) is 5.91 Å². The minimum atomic E-state index is -0.565. The van der Waals surface area contributed by atoms with Gasteiger partial charge < -0.3 is 14.7 Å². The van der Waals surface area contributed by atoms with Crippen LogP contribution in [0.25, 0.3) is 0 Å². The number of imide groups is 1. The molecule has 0 atom stereocenters. The number of hydrogen-bond donors (Lipinski definition) is 2. The molecule has 162 valence electrons. The fraction of sp³-hybridized carbons (Fsp3) is 0.286. The minimum Gasteiger partial charge on any atom is -0.507 e. The molecule has 0 aromatic heterocycles. The molecule has 2 N–H and O–H groups in total. The van der Waals surface area contributed by atoms with Crippen molar-refractivity contribution in [2.75, 3.05) is 24.5 Å². The van der Waals surface area contributed by atoms with Gasteiger partial charge in [0.2, 0.25) is 5.91 Å². The van der Waals surface area contributed by atoms with Crippen molar-refractivity contribution in [1.82, 2.24) is 10.2 Å². The first-order chi connectivity index (χ1) is 14.8. The molecule has 2 aromatic carbocycles. The SMILES string of the molecule is O=C1CN(c2cc(Cl)c(Oc3ccc(O)c(C(=O)N4CCCCC4)c3)c(Cl)c2)C(=O)N1. The Balaban J connectivity index is 1.58. The molecule has 0 bridgehead atoms. The van der Waals surface area contributed by atoms with Crippen LogP contribution in [0.5, 0.6) is 17.2 Å². The summed E-state index contributed by atoms with van der Waals surface area (Å²) >= 11 is 12.7. The first-order valence-electron chi connectivity index (χ1n) is 9.74. The maximum Gasteiger partial charge on any atom is 0.329 e. The Hall–Kier alpha value is -2.97. The van der Waals surface area contributed by atoms with Crippen LogP contribution in [0.3, 0.4) is 0 Å². The number of amides is 4. The number of carbonyl (C=O) groups is 3. The Bertz CT molecular complexity index is 1050. The molecular weight excluding hydrogens is 445 g/mol. The third-order valence-electron chi connectivity index (χ3n) is 5.15. The number of phenols is 1. The van der Waals surface area contributed by atoms with E-state index in [4.69, 9.17) is 27.9 Å². The molecule has 2 aliphatic rings. The lowest BCUT2D eigenvalue weighted by Crippen LogP contribution is -2.35. The van der Waals surface area contributed by atoms with E-state index in [9.17, 15) is 19.5 Å². The zero-order valence-electron chi connectivity index (χ0n) is 16.4. The van der Waals surface area contributed by atoms with Crippen molar-refractivity contribution in [3.63, 3.8) is 0 Å². The zero-order valence-corrected chi connectivity index (χ0v) is 17.9. The summed E-state index contributed by atoms with van der Waals surface area (Å²) in [7, 11) is 0. The standard InChI is InChI=1S/C21H19Cl2N3O5/c22-15-8-12(26-11-18(28)24-21(26)30)9-16(23)19(15)31-13-4-5-17(27)14(10-13)20(29)25-6-2-1-3-7-25/h4-5,8-10,27H,1-3,6-7,11H2,(H,24,28,30). The molecule has 10 heteroatoms. The summed E-state index contributed by atoms with van der Waals surface area (Å²) in [6.07, 6.45) is 2.95. The van der Waals surface area contributed by atoms with E-state index in [0.29, 0.717) is 18.8 Å². The van der Waals surface area contributed by atoms with Crippen LogP contribution in [0, 0.1) is 0 Å². The van der Waals surface area contributed by atoms with E-state index < -0.39 is 11.9 Å². The van der Waals surface area contributed by atoms with Gasteiger partial charge in [-0.15, -0.1) is 0 Å². The van der Waals surface area contributed by atoms with Crippen LogP contribution in [0.2, 0.25) is 10.0 Å². The average Bonchev–Trinajstić information content (AvgIpc) is 3.09. The number of anilines is 1. The summed E-state index contributed by atoms with van der Waals surface area (Å²) in [6, 6.07) is 6.67. The largest absolute Gasteiger partial charge is 0.507 e. The lowest BCUT2D eigenvalue weighted by atomic mass is 10.1. The molecule has 4 amide bonds. The van der Waals surface area contributed by atoms with Gasteiger partial charge in [0, 0.05) is 18.8 Å². The van der Waals surface area contributed by atoms with Crippen molar-refractivity contribution in [1.29, 1.82) is 0 Å². The van der Waals surface area contributed by atoms with E-state index in [1.807, 2.05) is 0 Å². The summed E-state index contributed by atoms with van der Waals surface area (Å²) in [5, 5.41) is 12.6. The number of piperidine rings is 1. The molecule has 8 nitrogen and oxygen atoms in total.